The predicted molar refractivity (Wildman–Crippen MR) is 119 cm³/mol. The Balaban J connectivity index is 1.36. The number of H-pyrrole nitrogens is 1. The molecule has 4 aromatic rings. The first kappa shape index (κ1) is 19.2. The van der Waals surface area contributed by atoms with Crippen molar-refractivity contribution in [3.63, 3.8) is 0 Å². The molecule has 0 spiro atoms. The quantitative estimate of drug-likeness (QED) is 0.500. The van der Waals surface area contributed by atoms with E-state index in [1.807, 2.05) is 18.5 Å². The van der Waals surface area contributed by atoms with Gasteiger partial charge >= 0.3 is 0 Å². The van der Waals surface area contributed by atoms with Crippen LogP contribution in [0.15, 0.2) is 36.7 Å². The third-order valence-electron chi connectivity index (χ3n) is 6.59. The van der Waals surface area contributed by atoms with Gasteiger partial charge in [-0.05, 0) is 89.0 Å². The van der Waals surface area contributed by atoms with E-state index < -0.39 is 0 Å². The van der Waals surface area contributed by atoms with Crippen LogP contribution < -0.4 is 0 Å². The number of rotatable bonds is 5. The molecule has 156 valence electrons. The number of piperidine rings is 1. The fourth-order valence-corrected chi connectivity index (χ4v) is 4.61. The fraction of sp³-hybridized carbons (Fsp3) is 0.417. The second kappa shape index (κ2) is 7.84. The number of aryl methyl sites for hydroxylation is 2. The van der Waals surface area contributed by atoms with E-state index in [2.05, 4.69) is 37.5 Å². The summed E-state index contributed by atoms with van der Waals surface area (Å²) in [4.78, 5) is 15.0. The lowest BCUT2D eigenvalue weighted by Gasteiger charge is -2.28. The lowest BCUT2D eigenvalue weighted by molar-refractivity contribution is 0.209. The molecule has 1 aliphatic rings. The number of halogens is 1. The zero-order valence-corrected chi connectivity index (χ0v) is 17.7. The van der Waals surface area contributed by atoms with E-state index in [0.29, 0.717) is 11.1 Å². The van der Waals surface area contributed by atoms with Crippen LogP contribution in [-0.4, -0.2) is 44.6 Å². The molecule has 0 bridgehead atoms. The number of hydrogen-bond acceptors (Lipinski definition) is 3. The molecule has 1 N–H and O–H groups in total. The monoisotopic (exact) mass is 405 g/mol. The Labute approximate surface area is 175 Å². The average Bonchev–Trinajstić information content (AvgIpc) is 3.37. The number of fused-ring (bicyclic) bond motifs is 2. The number of aromatic nitrogens is 4. The van der Waals surface area contributed by atoms with E-state index in [0.717, 1.165) is 40.4 Å². The van der Waals surface area contributed by atoms with Crippen molar-refractivity contribution in [3.05, 3.63) is 48.0 Å². The van der Waals surface area contributed by atoms with Crippen molar-refractivity contribution < 1.29 is 4.39 Å². The van der Waals surface area contributed by atoms with Gasteiger partial charge in [-0.25, -0.2) is 14.4 Å². The first-order valence-electron chi connectivity index (χ1n) is 10.9. The smallest absolute Gasteiger partial charge is 0.138 e. The summed E-state index contributed by atoms with van der Waals surface area (Å²) in [5, 5.41) is 0. The number of hydrogen-bond donors (Lipinski definition) is 1. The molecule has 6 heteroatoms. The summed E-state index contributed by atoms with van der Waals surface area (Å²) in [5.74, 6) is 1.39. The van der Waals surface area contributed by atoms with Gasteiger partial charge in [0.25, 0.3) is 0 Å². The van der Waals surface area contributed by atoms with Crippen molar-refractivity contribution in [2.45, 2.75) is 39.2 Å². The van der Waals surface area contributed by atoms with Crippen molar-refractivity contribution in [1.82, 2.24) is 24.4 Å². The van der Waals surface area contributed by atoms with E-state index in [-0.39, 0.29) is 5.82 Å². The average molecular weight is 406 g/mol. The number of nitrogens with zero attached hydrogens (tertiary/aromatic N) is 4. The molecule has 1 aliphatic heterocycles. The van der Waals surface area contributed by atoms with Crippen LogP contribution >= 0.6 is 0 Å². The number of imidazole rings is 2. The molecule has 2 aromatic heterocycles. The summed E-state index contributed by atoms with van der Waals surface area (Å²) < 4.78 is 16.1. The first-order chi connectivity index (χ1) is 14.6. The minimum absolute atomic E-state index is 0.223. The fourth-order valence-electron chi connectivity index (χ4n) is 4.61. The normalized spacial score (nSPS) is 16.1. The first-order valence-corrected chi connectivity index (χ1v) is 10.9. The number of nitrogens with one attached hydrogen (secondary N) is 1. The van der Waals surface area contributed by atoms with Crippen LogP contribution in [0.2, 0.25) is 0 Å². The molecule has 1 fully saturated rings. The zero-order valence-electron chi connectivity index (χ0n) is 17.7. The third kappa shape index (κ3) is 3.60. The van der Waals surface area contributed by atoms with Crippen LogP contribution in [0, 0.1) is 18.7 Å². The van der Waals surface area contributed by atoms with E-state index in [9.17, 15) is 4.39 Å². The Morgan fingerprint density at radius 3 is 2.83 bits per heavy atom. The van der Waals surface area contributed by atoms with Crippen molar-refractivity contribution in [1.29, 1.82) is 0 Å². The lowest BCUT2D eigenvalue weighted by atomic mass is 9.92. The highest BCUT2D eigenvalue weighted by molar-refractivity contribution is 5.85. The van der Waals surface area contributed by atoms with Crippen LogP contribution in [0.3, 0.4) is 0 Å². The highest BCUT2D eigenvalue weighted by Crippen LogP contribution is 2.27. The summed E-state index contributed by atoms with van der Waals surface area (Å²) in [5.41, 5.74) is 5.24. The molecule has 0 aliphatic carbocycles. The highest BCUT2D eigenvalue weighted by atomic mass is 19.1. The SMILES string of the molecule is Cc1c(F)ccc2[nH]c(-c3ccc4ncn(CCCC5CCN(C)CC5)c4c3)nc12. The Kier molecular flexibility index (Phi) is 5.03. The van der Waals surface area contributed by atoms with Gasteiger partial charge in [-0.2, -0.15) is 0 Å². The van der Waals surface area contributed by atoms with E-state index >= 15 is 0 Å². The molecule has 5 rings (SSSR count). The summed E-state index contributed by atoms with van der Waals surface area (Å²) in [6.45, 7) is 5.20. The largest absolute Gasteiger partial charge is 0.338 e. The Morgan fingerprint density at radius 2 is 2.00 bits per heavy atom. The predicted octanol–water partition coefficient (Wildman–Crippen LogP) is 5.15. The Hall–Kier alpha value is -2.73. The molecule has 0 saturated carbocycles. The molecule has 3 heterocycles. The van der Waals surface area contributed by atoms with Crippen molar-refractivity contribution >= 4 is 22.1 Å². The van der Waals surface area contributed by atoms with Crippen LogP contribution in [0.5, 0.6) is 0 Å². The minimum atomic E-state index is -0.223. The van der Waals surface area contributed by atoms with Gasteiger partial charge in [0.1, 0.15) is 11.6 Å². The molecule has 0 atom stereocenters. The molecular formula is C24H28FN5. The lowest BCUT2D eigenvalue weighted by Crippen LogP contribution is -2.30. The van der Waals surface area contributed by atoms with Crippen LogP contribution in [0.4, 0.5) is 4.39 Å². The molecule has 0 unspecified atom stereocenters. The Bertz CT molecular complexity index is 1180. The maximum Gasteiger partial charge on any atom is 0.138 e. The number of benzene rings is 2. The van der Waals surface area contributed by atoms with E-state index in [4.69, 9.17) is 0 Å². The van der Waals surface area contributed by atoms with Crippen LogP contribution in [0.1, 0.15) is 31.2 Å². The van der Waals surface area contributed by atoms with E-state index in [1.54, 1.807) is 13.0 Å². The maximum atomic E-state index is 13.9. The molecule has 5 nitrogen and oxygen atoms in total. The molecular weight excluding hydrogens is 377 g/mol. The molecule has 30 heavy (non-hydrogen) atoms. The van der Waals surface area contributed by atoms with Gasteiger partial charge in [0.15, 0.2) is 0 Å². The van der Waals surface area contributed by atoms with Gasteiger partial charge in [0.05, 0.1) is 28.4 Å². The zero-order chi connectivity index (χ0) is 20.7. The Morgan fingerprint density at radius 1 is 1.17 bits per heavy atom. The van der Waals surface area contributed by atoms with Crippen molar-refractivity contribution in [2.24, 2.45) is 5.92 Å². The molecule has 1 saturated heterocycles. The second-order valence-corrected chi connectivity index (χ2v) is 8.68. The number of likely N-dealkylation sites (tertiary alicyclic amines) is 1. The summed E-state index contributed by atoms with van der Waals surface area (Å²) >= 11 is 0. The van der Waals surface area contributed by atoms with Crippen LogP contribution in [0.25, 0.3) is 33.5 Å². The van der Waals surface area contributed by atoms with Crippen molar-refractivity contribution in [3.8, 4) is 11.4 Å². The maximum absolute atomic E-state index is 13.9. The molecule has 0 amide bonds. The molecule has 0 radical (unpaired) electrons. The van der Waals surface area contributed by atoms with Crippen LogP contribution in [-0.2, 0) is 6.54 Å². The summed E-state index contributed by atoms with van der Waals surface area (Å²) in [6.07, 6.45) is 7.03. The summed E-state index contributed by atoms with van der Waals surface area (Å²) in [6, 6.07) is 9.45. The van der Waals surface area contributed by atoms with Gasteiger partial charge in [-0.15, -0.1) is 0 Å². The highest BCUT2D eigenvalue weighted by Gasteiger charge is 2.16. The third-order valence-corrected chi connectivity index (χ3v) is 6.59. The number of aromatic amines is 1. The minimum Gasteiger partial charge on any atom is -0.338 e. The standard InChI is InChI=1S/C24H28FN5/c1-16-19(25)6-8-21-23(16)28-24(27-21)18-5-7-20-22(14-18)30(15-26-20)11-3-4-17-9-12-29(2)13-10-17/h5-8,14-15,17H,3-4,9-13H2,1-2H3,(H,27,28). The van der Waals surface area contributed by atoms with Gasteiger partial charge in [0, 0.05) is 17.7 Å². The van der Waals surface area contributed by atoms with Gasteiger partial charge in [-0.3, -0.25) is 0 Å². The second-order valence-electron chi connectivity index (χ2n) is 8.68. The van der Waals surface area contributed by atoms with Gasteiger partial charge < -0.3 is 14.5 Å². The molecule has 2 aromatic carbocycles. The van der Waals surface area contributed by atoms with Gasteiger partial charge in [-0.1, -0.05) is 0 Å². The summed E-state index contributed by atoms with van der Waals surface area (Å²) in [7, 11) is 2.21. The van der Waals surface area contributed by atoms with Crippen molar-refractivity contribution in [2.75, 3.05) is 20.1 Å². The topological polar surface area (TPSA) is 49.7 Å². The van der Waals surface area contributed by atoms with Gasteiger partial charge in [0.2, 0.25) is 0 Å². The van der Waals surface area contributed by atoms with E-state index in [1.165, 1.54) is 44.8 Å².